The fraction of sp³-hybridized carbons (Fsp3) is 0.256. The maximum Gasteiger partial charge on any atom is 0.269 e. The summed E-state index contributed by atoms with van der Waals surface area (Å²) < 4.78 is 14.3. The van der Waals surface area contributed by atoms with Gasteiger partial charge in [-0.15, -0.1) is 0 Å². The number of rotatable bonds is 6. The third-order valence-electron chi connectivity index (χ3n) is 18.6. The third-order valence-corrected chi connectivity index (χ3v) is 18.6. The van der Waals surface area contributed by atoms with E-state index in [1.807, 2.05) is 43.1 Å². The number of nitrogens with zero attached hydrogens (tertiary/aromatic N) is 6. The minimum atomic E-state index is -0.806. The van der Waals surface area contributed by atoms with Crippen molar-refractivity contribution in [2.45, 2.75) is 131 Å². The van der Waals surface area contributed by atoms with E-state index in [4.69, 9.17) is 9.72 Å². The molecule has 2 aliphatic rings. The van der Waals surface area contributed by atoms with Gasteiger partial charge in [0.15, 0.2) is 0 Å². The van der Waals surface area contributed by atoms with Gasteiger partial charge < -0.3 is 4.74 Å². The molecule has 0 atom stereocenters. The molecule has 1 aliphatic heterocycles. The first kappa shape index (κ1) is 54.0. The molecule has 5 aromatic heterocycles. The van der Waals surface area contributed by atoms with Crippen LogP contribution in [-0.4, -0.2) is 24.1 Å². The molecule has 7 aromatic carbocycles. The fourth-order valence-electron chi connectivity index (χ4n) is 14.2. The Morgan fingerprint density at radius 2 is 1.04 bits per heavy atom. The summed E-state index contributed by atoms with van der Waals surface area (Å²) in [5, 5.41) is 2.30. The number of hydrogen-bond acceptors (Lipinski definition) is 4. The SMILES string of the molecule is Cc1c(C)c(-c2ccncc2)c(-[n+]2[c-]n3c4c(cccc42)C2(c4ccc(Oc5ccc6c7ccccc7n(-c7ccccn7)c6c5)cc4-3)c3c(cc(C(C)(C)C)cc3C(C)(C)C)-c3cc(C(C)(C)C)cc(C(C)(C)C)c32)c(-c2ccncc2)c1C. The second-order valence-corrected chi connectivity index (χ2v) is 28.0. The molecule has 14 rings (SSSR count). The lowest BCUT2D eigenvalue weighted by atomic mass is 9.60. The van der Waals surface area contributed by atoms with Crippen molar-refractivity contribution in [3.8, 4) is 62.1 Å². The number of imidazole rings is 1. The lowest BCUT2D eigenvalue weighted by Crippen LogP contribution is -2.38. The number of hydrogen-bond donors (Lipinski definition) is 0. The Bertz CT molecular complexity index is 4580. The van der Waals surface area contributed by atoms with Gasteiger partial charge in [-0.1, -0.05) is 156 Å². The van der Waals surface area contributed by atoms with E-state index in [1.165, 1.54) is 72.3 Å². The summed E-state index contributed by atoms with van der Waals surface area (Å²) >= 11 is 0. The fourth-order valence-corrected chi connectivity index (χ4v) is 14.2. The highest BCUT2D eigenvalue weighted by Crippen LogP contribution is 2.65. The summed E-state index contributed by atoms with van der Waals surface area (Å²) in [5.74, 6) is 2.31. The van der Waals surface area contributed by atoms with Crippen LogP contribution in [0.1, 0.15) is 144 Å². The van der Waals surface area contributed by atoms with E-state index < -0.39 is 5.41 Å². The van der Waals surface area contributed by atoms with Gasteiger partial charge in [-0.2, -0.15) is 0 Å². The highest BCUT2D eigenvalue weighted by molar-refractivity contribution is 6.09. The predicted molar refractivity (Wildman–Crippen MR) is 349 cm³/mol. The van der Waals surface area contributed by atoms with Gasteiger partial charge in [0.1, 0.15) is 17.3 Å². The van der Waals surface area contributed by atoms with E-state index in [2.05, 4.69) is 267 Å². The largest absolute Gasteiger partial charge is 0.458 e. The first-order chi connectivity index (χ1) is 40.5. The lowest BCUT2D eigenvalue weighted by Gasteiger charge is -2.44. The van der Waals surface area contributed by atoms with Crippen LogP contribution in [-0.2, 0) is 27.1 Å². The van der Waals surface area contributed by atoms with Crippen molar-refractivity contribution in [1.82, 2.24) is 24.1 Å². The van der Waals surface area contributed by atoms with E-state index in [-0.39, 0.29) is 21.7 Å². The highest BCUT2D eigenvalue weighted by Gasteiger charge is 2.55. The molecule has 0 amide bonds. The third kappa shape index (κ3) is 8.13. The van der Waals surface area contributed by atoms with Crippen LogP contribution in [0.2, 0.25) is 0 Å². The molecular weight excluding hydrogens is 1040 g/mol. The molecule has 6 heterocycles. The molecule has 0 unspecified atom stereocenters. The van der Waals surface area contributed by atoms with Gasteiger partial charge in [-0.3, -0.25) is 23.7 Å². The van der Waals surface area contributed by atoms with Gasteiger partial charge in [-0.05, 0) is 204 Å². The normalized spacial score (nSPS) is 13.7. The molecule has 0 saturated heterocycles. The Kier molecular flexibility index (Phi) is 11.9. The van der Waals surface area contributed by atoms with Crippen LogP contribution >= 0.6 is 0 Å². The topological polar surface area (TPSA) is 61.6 Å². The first-order valence-electron chi connectivity index (χ1n) is 30.1. The summed E-state index contributed by atoms with van der Waals surface area (Å²) in [6, 6.07) is 53.9. The summed E-state index contributed by atoms with van der Waals surface area (Å²) in [5.41, 5.74) is 26.0. The number of pyridine rings is 3. The molecule has 1 spiro atoms. The quantitative estimate of drug-likeness (QED) is 0.123. The van der Waals surface area contributed by atoms with Crippen LogP contribution < -0.4 is 9.30 Å². The maximum absolute atomic E-state index is 7.29. The molecule has 0 radical (unpaired) electrons. The molecule has 7 nitrogen and oxygen atoms in total. The van der Waals surface area contributed by atoms with Crippen molar-refractivity contribution in [2.24, 2.45) is 0 Å². The lowest BCUT2D eigenvalue weighted by molar-refractivity contribution is -0.571. The maximum atomic E-state index is 7.29. The molecule has 85 heavy (non-hydrogen) atoms. The van der Waals surface area contributed by atoms with Crippen LogP contribution in [0.3, 0.4) is 0 Å². The number of ether oxygens (including phenoxy) is 1. The molecule has 0 bridgehead atoms. The smallest absolute Gasteiger partial charge is 0.269 e. The number of para-hydroxylation sites is 2. The van der Waals surface area contributed by atoms with Gasteiger partial charge in [-0.25, -0.2) is 4.98 Å². The van der Waals surface area contributed by atoms with E-state index in [9.17, 15) is 0 Å². The zero-order chi connectivity index (χ0) is 59.4. The van der Waals surface area contributed by atoms with Gasteiger partial charge in [0.2, 0.25) is 0 Å². The van der Waals surface area contributed by atoms with Gasteiger partial charge >= 0.3 is 0 Å². The molecule has 1 aliphatic carbocycles. The van der Waals surface area contributed by atoms with Crippen molar-refractivity contribution in [2.75, 3.05) is 0 Å². The van der Waals surface area contributed by atoms with Crippen molar-refractivity contribution in [1.29, 1.82) is 0 Å². The Hall–Kier alpha value is -8.94. The second kappa shape index (κ2) is 18.8. The molecule has 0 fully saturated rings. The zero-order valence-electron chi connectivity index (χ0n) is 51.8. The van der Waals surface area contributed by atoms with Crippen LogP contribution in [0, 0.1) is 27.1 Å². The Labute approximate surface area is 500 Å². The average molecular weight is 1110 g/mol. The average Bonchev–Trinajstić information content (AvgIpc) is 1.54. The van der Waals surface area contributed by atoms with E-state index >= 15 is 0 Å². The van der Waals surface area contributed by atoms with Gasteiger partial charge in [0.25, 0.3) is 6.33 Å². The predicted octanol–water partition coefficient (Wildman–Crippen LogP) is 18.9. The highest BCUT2D eigenvalue weighted by atomic mass is 16.5. The minimum Gasteiger partial charge on any atom is -0.458 e. The number of benzene rings is 7. The molecule has 12 aromatic rings. The van der Waals surface area contributed by atoms with E-state index in [0.717, 1.165) is 83.8 Å². The first-order valence-corrected chi connectivity index (χ1v) is 30.1. The van der Waals surface area contributed by atoms with Crippen LogP contribution in [0.5, 0.6) is 11.5 Å². The van der Waals surface area contributed by atoms with Crippen molar-refractivity contribution >= 4 is 32.8 Å². The van der Waals surface area contributed by atoms with E-state index in [1.54, 1.807) is 0 Å². The second-order valence-electron chi connectivity index (χ2n) is 28.0. The molecular formula is C78H74N6O. The molecule has 0 N–H and O–H groups in total. The van der Waals surface area contributed by atoms with Crippen molar-refractivity contribution in [3.63, 3.8) is 0 Å². The number of aromatic nitrogens is 6. The molecule has 422 valence electrons. The summed E-state index contributed by atoms with van der Waals surface area (Å²) in [6.07, 6.45) is 13.7. The van der Waals surface area contributed by atoms with Crippen LogP contribution in [0.25, 0.3) is 83.4 Å². The molecule has 0 saturated carbocycles. The van der Waals surface area contributed by atoms with E-state index in [0.29, 0.717) is 0 Å². The van der Waals surface area contributed by atoms with Gasteiger partial charge in [0, 0.05) is 47.8 Å². The number of fused-ring (bicyclic) bond motifs is 12. The standard InChI is InChI=1S/C78H74N6O/c1-46-47(2)68(49-30-35-79-36-31-49)73(69(48(46)3)50-32-37-80-38-33-50)82-45-83-66-44-54(85-53-26-28-56-55-21-16-17-23-63(55)84(65(56)43-53)67-25-18-19-34-81-67)27-29-59(66)78(60-22-20-24-64(82)72(60)83)70-57(39-51(74(4,5)6)41-61(70)76(10,11)12)58-40-52(75(7,8)9)42-62(71(58)78)77(13,14)15/h16-44H,1-15H3. The Morgan fingerprint density at radius 1 is 0.482 bits per heavy atom. The summed E-state index contributed by atoms with van der Waals surface area (Å²) in [4.78, 5) is 13.9. The molecule has 7 heteroatoms. The van der Waals surface area contributed by atoms with Crippen molar-refractivity contribution < 1.29 is 9.30 Å². The Balaban J connectivity index is 1.14. The van der Waals surface area contributed by atoms with Crippen LogP contribution in [0.15, 0.2) is 177 Å². The minimum absolute atomic E-state index is 0.121. The monoisotopic (exact) mass is 1110 g/mol. The Morgan fingerprint density at radius 3 is 1.60 bits per heavy atom. The summed E-state index contributed by atoms with van der Waals surface area (Å²) in [6.45, 7) is 35.5. The van der Waals surface area contributed by atoms with Crippen LogP contribution in [0.4, 0.5) is 0 Å². The zero-order valence-corrected chi connectivity index (χ0v) is 51.8. The van der Waals surface area contributed by atoms with Crippen molar-refractivity contribution in [3.05, 3.63) is 244 Å². The summed E-state index contributed by atoms with van der Waals surface area (Å²) in [7, 11) is 0. The van der Waals surface area contributed by atoms with Gasteiger partial charge in [0.05, 0.1) is 38.9 Å².